The van der Waals surface area contributed by atoms with Crippen molar-refractivity contribution in [2.75, 3.05) is 18.2 Å². The number of carboxylic acid groups (broad SMARTS) is 1. The van der Waals surface area contributed by atoms with E-state index in [0.29, 0.717) is 5.17 Å². The summed E-state index contributed by atoms with van der Waals surface area (Å²) in [5.41, 5.74) is 1.84. The van der Waals surface area contributed by atoms with Gasteiger partial charge in [-0.15, -0.1) is 0 Å². The molecule has 1 aromatic carbocycles. The molecule has 0 fully saturated rings. The van der Waals surface area contributed by atoms with Crippen molar-refractivity contribution in [3.05, 3.63) is 29.3 Å². The maximum absolute atomic E-state index is 10.9. The van der Waals surface area contributed by atoms with Gasteiger partial charge in [-0.2, -0.15) is 0 Å². The van der Waals surface area contributed by atoms with Crippen LogP contribution in [0.1, 0.15) is 15.9 Å². The Balaban J connectivity index is 3.14. The average molecular weight is 238 g/mol. The smallest absolute Gasteiger partial charge is 0.335 e. The Kier molecular flexibility index (Phi) is 3.95. The van der Waals surface area contributed by atoms with Crippen LogP contribution in [-0.4, -0.2) is 29.5 Å². The zero-order valence-corrected chi connectivity index (χ0v) is 10.3. The van der Waals surface area contributed by atoms with Crippen molar-refractivity contribution in [1.82, 2.24) is 0 Å². The molecule has 16 heavy (non-hydrogen) atoms. The monoisotopic (exact) mass is 238 g/mol. The van der Waals surface area contributed by atoms with Gasteiger partial charge in [0, 0.05) is 12.7 Å². The quantitative estimate of drug-likeness (QED) is 0.613. The predicted molar refractivity (Wildman–Crippen MR) is 67.8 cm³/mol. The summed E-state index contributed by atoms with van der Waals surface area (Å²) in [7, 11) is 1.75. The third-order valence-electron chi connectivity index (χ3n) is 2.19. The van der Waals surface area contributed by atoms with Crippen molar-refractivity contribution in [1.29, 1.82) is 5.41 Å². The molecule has 0 heterocycles. The molecule has 4 nitrogen and oxygen atoms in total. The van der Waals surface area contributed by atoms with Gasteiger partial charge in [-0.05, 0) is 36.9 Å². The summed E-state index contributed by atoms with van der Waals surface area (Å²) in [4.78, 5) is 12.5. The van der Waals surface area contributed by atoms with E-state index in [1.54, 1.807) is 24.1 Å². The molecule has 5 heteroatoms. The molecule has 1 aromatic rings. The zero-order chi connectivity index (χ0) is 12.3. The average Bonchev–Trinajstić information content (AvgIpc) is 2.26. The zero-order valence-electron chi connectivity index (χ0n) is 9.44. The summed E-state index contributed by atoms with van der Waals surface area (Å²) in [6.07, 6.45) is 1.81. The number of carbonyl (C=O) groups is 1. The van der Waals surface area contributed by atoms with Gasteiger partial charge in [-0.3, -0.25) is 5.41 Å². The van der Waals surface area contributed by atoms with Crippen LogP contribution in [0.3, 0.4) is 0 Å². The van der Waals surface area contributed by atoms with E-state index >= 15 is 0 Å². The predicted octanol–water partition coefficient (Wildman–Crippen LogP) is 2.43. The Hall–Kier alpha value is -1.49. The van der Waals surface area contributed by atoms with Gasteiger partial charge < -0.3 is 10.0 Å². The SMILES string of the molecule is CSC(=N)N(C)c1cc(C)cc(C(=O)O)c1. The molecule has 0 atom stereocenters. The highest BCUT2D eigenvalue weighted by molar-refractivity contribution is 8.13. The minimum Gasteiger partial charge on any atom is -0.478 e. The molecule has 2 N–H and O–H groups in total. The minimum atomic E-state index is -0.950. The number of anilines is 1. The van der Waals surface area contributed by atoms with Gasteiger partial charge in [0.15, 0.2) is 5.17 Å². The van der Waals surface area contributed by atoms with Gasteiger partial charge in [0.2, 0.25) is 0 Å². The third-order valence-corrected chi connectivity index (χ3v) is 2.85. The molecule has 1 rings (SSSR count). The Morgan fingerprint density at radius 1 is 1.44 bits per heavy atom. The van der Waals surface area contributed by atoms with E-state index in [9.17, 15) is 4.79 Å². The number of aromatic carboxylic acids is 1. The van der Waals surface area contributed by atoms with Crippen molar-refractivity contribution < 1.29 is 9.90 Å². The van der Waals surface area contributed by atoms with Crippen molar-refractivity contribution in [3.63, 3.8) is 0 Å². The van der Waals surface area contributed by atoms with Crippen molar-refractivity contribution in [2.24, 2.45) is 0 Å². The lowest BCUT2D eigenvalue weighted by atomic mass is 10.1. The van der Waals surface area contributed by atoms with Crippen molar-refractivity contribution >= 4 is 28.6 Å². The van der Waals surface area contributed by atoms with Crippen LogP contribution in [0.25, 0.3) is 0 Å². The van der Waals surface area contributed by atoms with E-state index in [2.05, 4.69) is 0 Å². The summed E-state index contributed by atoms with van der Waals surface area (Å²) in [6.45, 7) is 1.84. The molecular weight excluding hydrogens is 224 g/mol. The first-order chi connectivity index (χ1) is 7.45. The largest absolute Gasteiger partial charge is 0.478 e. The number of thioether (sulfide) groups is 1. The van der Waals surface area contributed by atoms with Gasteiger partial charge in [0.25, 0.3) is 0 Å². The first kappa shape index (κ1) is 12.6. The van der Waals surface area contributed by atoms with E-state index in [1.807, 2.05) is 19.2 Å². The lowest BCUT2D eigenvalue weighted by molar-refractivity contribution is 0.0697. The number of nitrogens with one attached hydrogen (secondary N) is 1. The molecule has 0 amide bonds. The van der Waals surface area contributed by atoms with Crippen LogP contribution < -0.4 is 4.90 Å². The number of rotatable bonds is 2. The summed E-state index contributed by atoms with van der Waals surface area (Å²) in [6, 6.07) is 5.04. The van der Waals surface area contributed by atoms with Gasteiger partial charge in [-0.25, -0.2) is 4.79 Å². The highest BCUT2D eigenvalue weighted by Gasteiger charge is 2.10. The molecular formula is C11H14N2O2S. The molecule has 0 aliphatic heterocycles. The molecule has 0 aliphatic rings. The molecule has 0 unspecified atom stereocenters. The number of amidine groups is 1. The molecule has 0 aromatic heterocycles. The number of hydrogen-bond donors (Lipinski definition) is 2. The van der Waals surface area contributed by atoms with Gasteiger partial charge in [-0.1, -0.05) is 11.8 Å². The normalized spacial score (nSPS) is 9.94. The van der Waals surface area contributed by atoms with Crippen LogP contribution in [0.5, 0.6) is 0 Å². The number of aryl methyl sites for hydroxylation is 1. The summed E-state index contributed by atoms with van der Waals surface area (Å²) in [5.74, 6) is -0.950. The van der Waals surface area contributed by atoms with E-state index < -0.39 is 5.97 Å². The van der Waals surface area contributed by atoms with Gasteiger partial charge >= 0.3 is 5.97 Å². The lowest BCUT2D eigenvalue weighted by Gasteiger charge is -2.19. The molecule has 0 spiro atoms. The third kappa shape index (κ3) is 2.76. The number of hydrogen-bond acceptors (Lipinski definition) is 3. The first-order valence-corrected chi connectivity index (χ1v) is 5.89. The molecule has 0 saturated carbocycles. The van der Waals surface area contributed by atoms with Crippen molar-refractivity contribution in [3.8, 4) is 0 Å². The van der Waals surface area contributed by atoms with Crippen molar-refractivity contribution in [2.45, 2.75) is 6.92 Å². The van der Waals surface area contributed by atoms with E-state index in [1.165, 1.54) is 11.8 Å². The number of benzene rings is 1. The fraction of sp³-hybridized carbons (Fsp3) is 0.273. The summed E-state index contributed by atoms with van der Waals surface area (Å²) >= 11 is 1.31. The molecule has 0 radical (unpaired) electrons. The fourth-order valence-electron chi connectivity index (χ4n) is 1.33. The van der Waals surface area contributed by atoms with E-state index in [4.69, 9.17) is 10.5 Å². The minimum absolute atomic E-state index is 0.246. The Bertz CT molecular complexity index is 432. The van der Waals surface area contributed by atoms with Gasteiger partial charge in [0.05, 0.1) is 5.56 Å². The Morgan fingerprint density at radius 2 is 2.06 bits per heavy atom. The standard InChI is InChI=1S/C11H14N2O2S/c1-7-4-8(10(14)15)6-9(5-7)13(2)11(12)16-3/h4-6,12H,1-3H3,(H,14,15). The molecule has 86 valence electrons. The fourth-order valence-corrected chi connectivity index (χ4v) is 1.71. The Morgan fingerprint density at radius 3 is 2.56 bits per heavy atom. The molecule has 0 saturated heterocycles. The van der Waals surface area contributed by atoms with Crippen LogP contribution in [0.4, 0.5) is 5.69 Å². The lowest BCUT2D eigenvalue weighted by Crippen LogP contribution is -2.22. The van der Waals surface area contributed by atoms with E-state index in [-0.39, 0.29) is 5.56 Å². The highest BCUT2D eigenvalue weighted by atomic mass is 32.2. The summed E-state index contributed by atoms with van der Waals surface area (Å²) in [5, 5.41) is 17.0. The van der Waals surface area contributed by atoms with E-state index in [0.717, 1.165) is 11.3 Å². The van der Waals surface area contributed by atoms with Crippen LogP contribution in [0.15, 0.2) is 18.2 Å². The van der Waals surface area contributed by atoms with Crippen LogP contribution in [0.2, 0.25) is 0 Å². The first-order valence-electron chi connectivity index (χ1n) is 4.67. The molecule has 0 bridgehead atoms. The van der Waals surface area contributed by atoms with Crippen LogP contribution >= 0.6 is 11.8 Å². The summed E-state index contributed by atoms with van der Waals surface area (Å²) < 4.78 is 0. The van der Waals surface area contributed by atoms with Crippen LogP contribution in [0, 0.1) is 12.3 Å². The second kappa shape index (κ2) is 5.03. The molecule has 0 aliphatic carbocycles. The maximum atomic E-state index is 10.9. The number of carboxylic acids is 1. The number of nitrogens with zero attached hydrogens (tertiary/aromatic N) is 1. The second-order valence-electron chi connectivity index (χ2n) is 3.43. The maximum Gasteiger partial charge on any atom is 0.335 e. The highest BCUT2D eigenvalue weighted by Crippen LogP contribution is 2.20. The topological polar surface area (TPSA) is 64.4 Å². The second-order valence-corrected chi connectivity index (χ2v) is 4.23. The Labute approximate surface area is 98.8 Å². The van der Waals surface area contributed by atoms with Crippen LogP contribution in [-0.2, 0) is 0 Å². The van der Waals surface area contributed by atoms with Gasteiger partial charge in [0.1, 0.15) is 0 Å².